The lowest BCUT2D eigenvalue weighted by Gasteiger charge is -2.27. The molecule has 2 aromatic rings. The average Bonchev–Trinajstić information content (AvgIpc) is 3.40. The van der Waals surface area contributed by atoms with E-state index in [1.807, 2.05) is 0 Å². The summed E-state index contributed by atoms with van der Waals surface area (Å²) >= 11 is 0. The third-order valence-corrected chi connectivity index (χ3v) is 5.98. The molecule has 0 radical (unpaired) electrons. The van der Waals surface area contributed by atoms with Crippen molar-refractivity contribution in [3.05, 3.63) is 58.7 Å². The van der Waals surface area contributed by atoms with Crippen molar-refractivity contribution in [2.24, 2.45) is 0 Å². The molecule has 1 amide bonds. The Morgan fingerprint density at radius 1 is 1.15 bits per heavy atom. The van der Waals surface area contributed by atoms with Crippen LogP contribution in [0, 0.1) is 0 Å². The molecule has 1 N–H and O–H groups in total. The highest BCUT2D eigenvalue weighted by Crippen LogP contribution is 2.45. The molecule has 2 heterocycles. The van der Waals surface area contributed by atoms with Crippen LogP contribution in [0.25, 0.3) is 5.76 Å². The number of benzene rings is 2. The number of carbonyl (C=O) groups is 2. The lowest BCUT2D eigenvalue weighted by molar-refractivity contribution is -0.140. The third-order valence-electron chi connectivity index (χ3n) is 5.98. The van der Waals surface area contributed by atoms with E-state index in [4.69, 9.17) is 18.9 Å². The molecule has 1 unspecified atom stereocenters. The molecule has 0 aliphatic carbocycles. The first kappa shape index (κ1) is 22.7. The highest BCUT2D eigenvalue weighted by atomic mass is 16.5. The summed E-state index contributed by atoms with van der Waals surface area (Å²) in [6.45, 7) is 1.28. The van der Waals surface area contributed by atoms with Crippen molar-refractivity contribution in [2.75, 3.05) is 41.1 Å². The number of aliphatic hydroxyl groups excluding tert-OH is 1. The van der Waals surface area contributed by atoms with Gasteiger partial charge in [-0.1, -0.05) is 12.1 Å². The first-order valence-corrected chi connectivity index (χ1v) is 10.8. The minimum Gasteiger partial charge on any atom is -0.507 e. The van der Waals surface area contributed by atoms with Gasteiger partial charge in [0.05, 0.1) is 32.4 Å². The molecule has 1 fully saturated rings. The topological polar surface area (TPSA) is 94.5 Å². The lowest BCUT2D eigenvalue weighted by Crippen LogP contribution is -2.31. The predicted molar refractivity (Wildman–Crippen MR) is 121 cm³/mol. The number of para-hydroxylation sites is 1. The van der Waals surface area contributed by atoms with Gasteiger partial charge in [-0.25, -0.2) is 0 Å². The van der Waals surface area contributed by atoms with Gasteiger partial charge in [-0.15, -0.1) is 0 Å². The molecule has 174 valence electrons. The van der Waals surface area contributed by atoms with Crippen LogP contribution in [0.5, 0.6) is 17.2 Å². The number of methoxy groups -OCH3 is 3. The van der Waals surface area contributed by atoms with Crippen LogP contribution in [0.2, 0.25) is 0 Å². The van der Waals surface area contributed by atoms with Crippen molar-refractivity contribution in [1.29, 1.82) is 0 Å². The fourth-order valence-corrected chi connectivity index (χ4v) is 4.43. The Morgan fingerprint density at radius 2 is 1.97 bits per heavy atom. The van der Waals surface area contributed by atoms with E-state index in [0.29, 0.717) is 42.3 Å². The zero-order chi connectivity index (χ0) is 23.5. The summed E-state index contributed by atoms with van der Waals surface area (Å²) in [4.78, 5) is 27.7. The molecular weight excluding hydrogens is 426 g/mol. The maximum absolute atomic E-state index is 13.2. The van der Waals surface area contributed by atoms with Gasteiger partial charge in [0.1, 0.15) is 11.5 Å². The van der Waals surface area contributed by atoms with E-state index in [1.54, 1.807) is 43.5 Å². The smallest absolute Gasteiger partial charge is 0.295 e. The van der Waals surface area contributed by atoms with Gasteiger partial charge in [0, 0.05) is 37.8 Å². The number of aliphatic hydroxyl groups is 1. The molecule has 33 heavy (non-hydrogen) atoms. The fourth-order valence-electron chi connectivity index (χ4n) is 4.43. The van der Waals surface area contributed by atoms with Crippen LogP contribution in [0.4, 0.5) is 0 Å². The molecule has 2 aromatic carbocycles. The number of hydrogen-bond donors (Lipinski definition) is 1. The Balaban J connectivity index is 1.88. The van der Waals surface area contributed by atoms with Gasteiger partial charge in [0.15, 0.2) is 11.5 Å². The highest BCUT2D eigenvalue weighted by Gasteiger charge is 2.47. The van der Waals surface area contributed by atoms with E-state index in [2.05, 4.69) is 0 Å². The molecule has 1 saturated heterocycles. The Bertz CT molecular complexity index is 1110. The van der Waals surface area contributed by atoms with Crippen LogP contribution < -0.4 is 14.2 Å². The molecule has 4 rings (SSSR count). The molecule has 0 bridgehead atoms. The van der Waals surface area contributed by atoms with Gasteiger partial charge >= 0.3 is 0 Å². The molecule has 0 saturated carbocycles. The summed E-state index contributed by atoms with van der Waals surface area (Å²) in [6, 6.07) is 9.70. The van der Waals surface area contributed by atoms with Crippen LogP contribution in [-0.2, 0) is 20.7 Å². The third kappa shape index (κ3) is 4.02. The van der Waals surface area contributed by atoms with Crippen molar-refractivity contribution in [1.82, 2.24) is 4.90 Å². The predicted octanol–water partition coefficient (Wildman–Crippen LogP) is 3.10. The molecule has 2 aliphatic heterocycles. The fraction of sp³-hybridized carbons (Fsp3) is 0.360. The van der Waals surface area contributed by atoms with E-state index in [1.165, 1.54) is 19.1 Å². The maximum atomic E-state index is 13.2. The Labute approximate surface area is 192 Å². The zero-order valence-corrected chi connectivity index (χ0v) is 18.9. The van der Waals surface area contributed by atoms with Gasteiger partial charge in [0.25, 0.3) is 11.7 Å². The van der Waals surface area contributed by atoms with Crippen LogP contribution in [0.1, 0.15) is 29.2 Å². The van der Waals surface area contributed by atoms with Crippen molar-refractivity contribution in [3.8, 4) is 17.2 Å². The van der Waals surface area contributed by atoms with Crippen LogP contribution in [0.15, 0.2) is 42.0 Å². The van der Waals surface area contributed by atoms with E-state index in [0.717, 1.165) is 17.7 Å². The van der Waals surface area contributed by atoms with Crippen molar-refractivity contribution >= 4 is 17.4 Å². The summed E-state index contributed by atoms with van der Waals surface area (Å²) in [7, 11) is 4.59. The van der Waals surface area contributed by atoms with Gasteiger partial charge in [-0.05, 0) is 36.2 Å². The van der Waals surface area contributed by atoms with Gasteiger partial charge in [-0.2, -0.15) is 0 Å². The van der Waals surface area contributed by atoms with E-state index in [9.17, 15) is 14.7 Å². The summed E-state index contributed by atoms with van der Waals surface area (Å²) in [5, 5.41) is 11.3. The number of fused-ring (bicyclic) bond motifs is 1. The number of rotatable bonds is 8. The molecule has 0 aromatic heterocycles. The minimum absolute atomic E-state index is 0.0165. The van der Waals surface area contributed by atoms with Crippen molar-refractivity contribution < 1.29 is 33.6 Å². The van der Waals surface area contributed by atoms with Crippen LogP contribution >= 0.6 is 0 Å². The van der Waals surface area contributed by atoms with E-state index in [-0.39, 0.29) is 17.9 Å². The van der Waals surface area contributed by atoms with E-state index >= 15 is 0 Å². The Morgan fingerprint density at radius 3 is 2.70 bits per heavy atom. The Hall–Kier alpha value is -3.52. The summed E-state index contributed by atoms with van der Waals surface area (Å²) in [5.74, 6) is -0.0163. The number of hydrogen-bond acceptors (Lipinski definition) is 7. The second kappa shape index (κ2) is 9.54. The normalized spacial score (nSPS) is 18.9. The number of ketones is 1. The number of amides is 1. The summed E-state index contributed by atoms with van der Waals surface area (Å²) in [5.41, 5.74) is 1.98. The first-order valence-electron chi connectivity index (χ1n) is 10.8. The van der Waals surface area contributed by atoms with Crippen LogP contribution in [-0.4, -0.2) is 62.8 Å². The number of ether oxygens (including phenoxy) is 4. The standard InChI is InChI=1S/C25H27NO7/c1-30-12-5-11-26-21(17-6-4-7-19(31-2)24(17)32-3)20(23(28)25(26)29)22(27)16-8-9-18-15(14-16)10-13-33-18/h4,6-9,14,21,27H,5,10-13H2,1-3H3/b22-20+. The largest absolute Gasteiger partial charge is 0.507 e. The number of nitrogens with zero attached hydrogens (tertiary/aromatic N) is 1. The summed E-state index contributed by atoms with van der Waals surface area (Å²) < 4.78 is 21.7. The molecule has 0 spiro atoms. The average molecular weight is 453 g/mol. The van der Waals surface area contributed by atoms with Gasteiger partial charge in [0.2, 0.25) is 0 Å². The summed E-state index contributed by atoms with van der Waals surface area (Å²) in [6.07, 6.45) is 1.25. The lowest BCUT2D eigenvalue weighted by atomic mass is 9.93. The first-order chi connectivity index (χ1) is 16.0. The second-order valence-electron chi connectivity index (χ2n) is 7.84. The minimum atomic E-state index is -0.837. The zero-order valence-electron chi connectivity index (χ0n) is 18.9. The van der Waals surface area contributed by atoms with Crippen LogP contribution in [0.3, 0.4) is 0 Å². The molecular formula is C25H27NO7. The monoisotopic (exact) mass is 453 g/mol. The van der Waals surface area contributed by atoms with Crippen molar-refractivity contribution in [2.45, 2.75) is 18.9 Å². The number of carbonyl (C=O) groups excluding carboxylic acids is 2. The number of likely N-dealkylation sites (tertiary alicyclic amines) is 1. The quantitative estimate of drug-likeness (QED) is 0.284. The van der Waals surface area contributed by atoms with Crippen molar-refractivity contribution in [3.63, 3.8) is 0 Å². The molecule has 1 atom stereocenters. The number of Topliss-reactive ketones (excluding diaryl/α,β-unsaturated/α-hetero) is 1. The Kier molecular flexibility index (Phi) is 6.55. The molecule has 8 nitrogen and oxygen atoms in total. The molecule has 8 heteroatoms. The molecule has 2 aliphatic rings. The maximum Gasteiger partial charge on any atom is 0.295 e. The SMILES string of the molecule is COCCCN1C(=O)C(=O)/C(=C(/O)c2ccc3c(c2)CCO3)C1c1cccc(OC)c1OC. The second-order valence-corrected chi connectivity index (χ2v) is 7.84. The highest BCUT2D eigenvalue weighted by molar-refractivity contribution is 6.46. The van der Waals surface area contributed by atoms with Gasteiger partial charge in [-0.3, -0.25) is 9.59 Å². The van der Waals surface area contributed by atoms with Gasteiger partial charge < -0.3 is 29.0 Å². The van der Waals surface area contributed by atoms with E-state index < -0.39 is 17.7 Å².